The minimum Gasteiger partial charge on any atom is -0.462 e. The monoisotopic (exact) mass is 426 g/mol. The average Bonchev–Trinajstić information content (AvgIpc) is 3.05. The molecule has 0 bridgehead atoms. The van der Waals surface area contributed by atoms with Gasteiger partial charge in [-0.05, 0) is 97.7 Å². The van der Waals surface area contributed by atoms with Gasteiger partial charge in [0.2, 0.25) is 0 Å². The predicted molar refractivity (Wildman–Crippen MR) is 129 cm³/mol. The lowest BCUT2D eigenvalue weighted by Crippen LogP contribution is -2.51. The van der Waals surface area contributed by atoms with Gasteiger partial charge in [0.25, 0.3) is 0 Å². The van der Waals surface area contributed by atoms with Crippen LogP contribution in [0.4, 0.5) is 0 Å². The molecule has 0 aromatic rings. The fraction of sp³-hybridized carbons (Fsp3) is 0.828. The quantitative estimate of drug-likeness (QED) is 0.332. The molecule has 0 saturated heterocycles. The third-order valence-corrected chi connectivity index (χ3v) is 10.1. The first-order valence-corrected chi connectivity index (χ1v) is 13.2. The Morgan fingerprint density at radius 2 is 1.90 bits per heavy atom. The largest absolute Gasteiger partial charge is 0.462 e. The smallest absolute Gasteiger partial charge is 0.302 e. The van der Waals surface area contributed by atoms with Gasteiger partial charge in [-0.3, -0.25) is 4.79 Å². The molecule has 3 saturated carbocycles. The fourth-order valence-electron chi connectivity index (χ4n) is 8.57. The van der Waals surface area contributed by atoms with E-state index in [2.05, 4.69) is 52.8 Å². The molecule has 4 aliphatic carbocycles. The van der Waals surface area contributed by atoms with E-state index in [-0.39, 0.29) is 12.1 Å². The first-order chi connectivity index (χ1) is 14.6. The van der Waals surface area contributed by atoms with Crippen molar-refractivity contribution >= 4 is 5.97 Å². The lowest BCUT2D eigenvalue weighted by Gasteiger charge is -2.58. The molecule has 0 unspecified atom stereocenters. The molecule has 0 spiro atoms. The molecule has 0 radical (unpaired) electrons. The third-order valence-electron chi connectivity index (χ3n) is 10.1. The molecule has 4 rings (SSSR count). The Hall–Kier alpha value is -1.05. The van der Waals surface area contributed by atoms with Crippen LogP contribution in [0.5, 0.6) is 0 Å². The molecule has 3 fully saturated rings. The van der Waals surface area contributed by atoms with Crippen LogP contribution >= 0.6 is 0 Å². The number of hydrogen-bond donors (Lipinski definition) is 0. The van der Waals surface area contributed by atoms with Gasteiger partial charge in [-0.1, -0.05) is 58.4 Å². The number of esters is 1. The van der Waals surface area contributed by atoms with Gasteiger partial charge in [-0.15, -0.1) is 0 Å². The second-order valence-electron chi connectivity index (χ2n) is 12.4. The number of allylic oxidation sites excluding steroid dienone is 3. The molecular formula is C29H46O2. The average molecular weight is 427 g/mol. The van der Waals surface area contributed by atoms with E-state index in [4.69, 9.17) is 4.74 Å². The maximum atomic E-state index is 11.5. The number of rotatable bonds is 5. The molecule has 0 amide bonds. The third kappa shape index (κ3) is 4.18. The second-order valence-corrected chi connectivity index (χ2v) is 12.4. The number of fused-ring (bicyclic) bond motifs is 5. The van der Waals surface area contributed by atoms with Gasteiger partial charge in [-0.25, -0.2) is 0 Å². The topological polar surface area (TPSA) is 26.3 Å². The van der Waals surface area contributed by atoms with E-state index in [1.54, 1.807) is 12.5 Å². The minimum absolute atomic E-state index is 0.108. The summed E-state index contributed by atoms with van der Waals surface area (Å²) in [5, 5.41) is 0. The summed E-state index contributed by atoms with van der Waals surface area (Å²) in [6, 6.07) is 0. The summed E-state index contributed by atoms with van der Waals surface area (Å²) in [5.41, 5.74) is 2.45. The van der Waals surface area contributed by atoms with Crippen LogP contribution in [-0.4, -0.2) is 12.1 Å². The summed E-state index contributed by atoms with van der Waals surface area (Å²) in [7, 11) is 0. The van der Waals surface area contributed by atoms with Crippen molar-refractivity contribution in [1.29, 1.82) is 0 Å². The highest BCUT2D eigenvalue weighted by Crippen LogP contribution is 2.67. The first kappa shape index (κ1) is 23.1. The maximum absolute atomic E-state index is 11.5. The predicted octanol–water partition coefficient (Wildman–Crippen LogP) is 7.74. The van der Waals surface area contributed by atoms with Gasteiger partial charge < -0.3 is 4.74 Å². The normalized spacial score (nSPS) is 43.2. The molecule has 2 heteroatoms. The molecule has 0 aromatic carbocycles. The Kier molecular flexibility index (Phi) is 6.50. The summed E-state index contributed by atoms with van der Waals surface area (Å²) in [5.74, 6) is 4.76. The highest BCUT2D eigenvalue weighted by Gasteiger charge is 2.59. The highest BCUT2D eigenvalue weighted by atomic mass is 16.5. The molecule has 4 aliphatic rings. The van der Waals surface area contributed by atoms with Crippen molar-refractivity contribution in [3.63, 3.8) is 0 Å². The van der Waals surface area contributed by atoms with Crippen LogP contribution in [0.15, 0.2) is 23.8 Å². The fourth-order valence-corrected chi connectivity index (χ4v) is 8.57. The van der Waals surface area contributed by atoms with E-state index in [1.165, 1.54) is 44.9 Å². The summed E-state index contributed by atoms with van der Waals surface area (Å²) in [6.07, 6.45) is 19.0. The number of ether oxygens (including phenoxy) is 1. The van der Waals surface area contributed by atoms with E-state index >= 15 is 0 Å². The molecule has 174 valence electrons. The Morgan fingerprint density at radius 3 is 2.61 bits per heavy atom. The summed E-state index contributed by atoms with van der Waals surface area (Å²) in [4.78, 5) is 11.5. The molecule has 8 atom stereocenters. The zero-order valence-corrected chi connectivity index (χ0v) is 21.0. The van der Waals surface area contributed by atoms with Crippen molar-refractivity contribution in [2.45, 2.75) is 105 Å². The lowest BCUT2D eigenvalue weighted by molar-refractivity contribution is -0.148. The zero-order valence-electron chi connectivity index (χ0n) is 21.0. The number of hydrogen-bond acceptors (Lipinski definition) is 2. The van der Waals surface area contributed by atoms with E-state index < -0.39 is 0 Å². The van der Waals surface area contributed by atoms with E-state index in [1.807, 2.05) is 0 Å². The van der Waals surface area contributed by atoms with Gasteiger partial charge in [0.05, 0.1) is 0 Å². The van der Waals surface area contributed by atoms with Crippen LogP contribution in [0.3, 0.4) is 0 Å². The van der Waals surface area contributed by atoms with Gasteiger partial charge in [0, 0.05) is 13.3 Å². The number of carbonyl (C=O) groups excluding carboxylic acids is 1. The molecule has 31 heavy (non-hydrogen) atoms. The standard InChI is InChI=1S/C29H46O2/c1-19(2)8-7-9-20(3)25-12-13-26-24-11-10-22-18-23(31-21(4)30)14-16-28(22,5)27(24)15-17-29(25,26)6/h7,9-10,19-20,23-27H,8,11-18H2,1-6H3/b9-7+/t20-,23-,24-,25-,26-,27+,28-,29-/m0/s1. The van der Waals surface area contributed by atoms with Crippen LogP contribution in [-0.2, 0) is 9.53 Å². The first-order valence-electron chi connectivity index (χ1n) is 13.2. The van der Waals surface area contributed by atoms with Crippen molar-refractivity contribution in [2.75, 3.05) is 0 Å². The van der Waals surface area contributed by atoms with Crippen molar-refractivity contribution < 1.29 is 9.53 Å². The van der Waals surface area contributed by atoms with Crippen molar-refractivity contribution in [1.82, 2.24) is 0 Å². The Morgan fingerprint density at radius 1 is 1.13 bits per heavy atom. The molecule has 2 nitrogen and oxygen atoms in total. The molecule has 0 aromatic heterocycles. The Labute approximate surface area is 191 Å². The Balaban J connectivity index is 1.50. The van der Waals surface area contributed by atoms with Crippen LogP contribution in [0.1, 0.15) is 99.3 Å². The molecule has 0 aliphatic heterocycles. The zero-order chi connectivity index (χ0) is 22.4. The van der Waals surface area contributed by atoms with Crippen LogP contribution < -0.4 is 0 Å². The molecule has 0 heterocycles. The Bertz CT molecular complexity index is 733. The SMILES string of the molecule is CC(=O)O[C@H]1CC[C@@]2(C)C(=CC[C@@H]3[C@H]2CC[C@]2(C)[C@H]3CC[C@H]2[C@@H](C)/C=C/CC(C)C)C1. The van der Waals surface area contributed by atoms with Gasteiger partial charge in [-0.2, -0.15) is 0 Å². The summed E-state index contributed by atoms with van der Waals surface area (Å²) < 4.78 is 5.61. The maximum Gasteiger partial charge on any atom is 0.302 e. The highest BCUT2D eigenvalue weighted by molar-refractivity contribution is 5.66. The van der Waals surface area contributed by atoms with Crippen molar-refractivity contribution in [2.24, 2.45) is 46.3 Å². The van der Waals surface area contributed by atoms with Gasteiger partial charge >= 0.3 is 5.97 Å². The minimum atomic E-state index is -0.120. The summed E-state index contributed by atoms with van der Waals surface area (Å²) >= 11 is 0. The van der Waals surface area contributed by atoms with E-state index in [9.17, 15) is 4.79 Å². The second kappa shape index (κ2) is 8.71. The van der Waals surface area contributed by atoms with Gasteiger partial charge in [0.1, 0.15) is 6.10 Å². The van der Waals surface area contributed by atoms with Crippen molar-refractivity contribution in [3.05, 3.63) is 23.8 Å². The van der Waals surface area contributed by atoms with Crippen LogP contribution in [0.25, 0.3) is 0 Å². The number of carbonyl (C=O) groups is 1. The van der Waals surface area contributed by atoms with Crippen LogP contribution in [0.2, 0.25) is 0 Å². The lowest BCUT2D eigenvalue weighted by atomic mass is 9.47. The van der Waals surface area contributed by atoms with Crippen molar-refractivity contribution in [3.8, 4) is 0 Å². The van der Waals surface area contributed by atoms with E-state index in [0.717, 1.165) is 42.4 Å². The molecule has 0 N–H and O–H groups in total. The van der Waals surface area contributed by atoms with E-state index in [0.29, 0.717) is 16.7 Å². The van der Waals surface area contributed by atoms with Crippen LogP contribution in [0, 0.1) is 46.3 Å². The van der Waals surface area contributed by atoms with Gasteiger partial charge in [0.15, 0.2) is 0 Å². The summed E-state index contributed by atoms with van der Waals surface area (Å²) in [6.45, 7) is 13.9. The molecular weight excluding hydrogens is 380 g/mol.